The quantitative estimate of drug-likeness (QED) is 0.307. The average molecular weight is 559 g/mol. The fraction of sp³-hybridized carbons (Fsp3) is 0.621. The number of nitriles is 1. The zero-order valence-corrected chi connectivity index (χ0v) is 22.8. The maximum Gasteiger partial charge on any atom is 0.573 e. The zero-order chi connectivity index (χ0) is 28.3. The number of anilines is 2. The van der Waals surface area contributed by atoms with Gasteiger partial charge in [0.2, 0.25) is 5.95 Å². The number of unbranched alkanes of at least 4 members (excludes halogenated alkanes) is 1. The van der Waals surface area contributed by atoms with Crippen molar-refractivity contribution in [2.45, 2.75) is 63.9 Å². The highest BCUT2D eigenvalue weighted by Gasteiger charge is 2.55. The molecule has 3 N–H and O–H groups in total. The number of benzene rings is 1. The van der Waals surface area contributed by atoms with E-state index in [0.717, 1.165) is 44.7 Å². The summed E-state index contributed by atoms with van der Waals surface area (Å²) in [6.45, 7) is 2.01. The normalized spacial score (nSPS) is 27.0. The van der Waals surface area contributed by atoms with Gasteiger partial charge in [-0.1, -0.05) is 18.2 Å². The van der Waals surface area contributed by atoms with Gasteiger partial charge in [0.25, 0.3) is 0 Å². The first-order valence-electron chi connectivity index (χ1n) is 14.1. The number of aromatic nitrogens is 2. The third kappa shape index (κ3) is 6.44. The molecule has 1 heterocycles. The number of hydrogen-bond donors (Lipinski definition) is 3. The molecule has 4 aliphatic rings. The number of aliphatic hydroxyl groups is 1. The number of nitrogens with one attached hydrogen (secondary N) is 2. The fourth-order valence-electron chi connectivity index (χ4n) is 7.73. The van der Waals surface area contributed by atoms with Crippen molar-refractivity contribution in [3.63, 3.8) is 0 Å². The molecule has 4 bridgehead atoms. The second-order valence-electron chi connectivity index (χ2n) is 11.8. The topological polar surface area (TPSA) is 106 Å². The first-order valence-corrected chi connectivity index (χ1v) is 14.1. The van der Waals surface area contributed by atoms with Gasteiger partial charge in [-0.15, -0.1) is 13.2 Å². The summed E-state index contributed by atoms with van der Waals surface area (Å²) in [4.78, 5) is 11.2. The van der Waals surface area contributed by atoms with Gasteiger partial charge in [-0.2, -0.15) is 10.2 Å². The van der Waals surface area contributed by atoms with Crippen LogP contribution in [0.2, 0.25) is 0 Å². The van der Waals surface area contributed by atoms with Gasteiger partial charge in [-0.25, -0.2) is 4.98 Å². The van der Waals surface area contributed by atoms with Crippen molar-refractivity contribution in [1.82, 2.24) is 14.9 Å². The predicted octanol–water partition coefficient (Wildman–Crippen LogP) is 5.17. The van der Waals surface area contributed by atoms with Crippen LogP contribution in [0.1, 0.15) is 56.1 Å². The molecule has 40 heavy (non-hydrogen) atoms. The van der Waals surface area contributed by atoms with Crippen molar-refractivity contribution in [3.8, 4) is 11.8 Å². The fourth-order valence-corrected chi connectivity index (χ4v) is 7.73. The summed E-state index contributed by atoms with van der Waals surface area (Å²) in [5.74, 6) is 2.42. The van der Waals surface area contributed by atoms with Gasteiger partial charge in [0.05, 0.1) is 6.20 Å². The molecule has 4 fully saturated rings. The van der Waals surface area contributed by atoms with Crippen LogP contribution < -0.4 is 15.4 Å². The summed E-state index contributed by atoms with van der Waals surface area (Å²) < 4.78 is 42.5. The van der Waals surface area contributed by atoms with E-state index in [1.165, 1.54) is 37.6 Å². The van der Waals surface area contributed by atoms with Gasteiger partial charge in [0.15, 0.2) is 0 Å². The maximum absolute atomic E-state index is 12.8. The SMILES string of the molecule is CN(CCCCO)[C@@H]1[C@@H]2CC3C[C@H]1C[C@](CNc1nc(NCc4ccccc4OC(F)(F)F)ncc1C#N)(C3)C2. The number of ether oxygens (including phenoxy) is 1. The monoisotopic (exact) mass is 558 g/mol. The summed E-state index contributed by atoms with van der Waals surface area (Å²) in [5.41, 5.74) is 0.808. The molecule has 4 saturated carbocycles. The smallest absolute Gasteiger partial charge is 0.405 e. The lowest BCUT2D eigenvalue weighted by Crippen LogP contribution is -2.60. The van der Waals surface area contributed by atoms with Crippen molar-refractivity contribution in [3.05, 3.63) is 41.6 Å². The third-order valence-corrected chi connectivity index (χ3v) is 8.95. The van der Waals surface area contributed by atoms with Gasteiger partial charge in [0.1, 0.15) is 23.2 Å². The van der Waals surface area contributed by atoms with Crippen LogP contribution in [0.25, 0.3) is 0 Å². The van der Waals surface area contributed by atoms with E-state index in [-0.39, 0.29) is 30.3 Å². The van der Waals surface area contributed by atoms with Gasteiger partial charge >= 0.3 is 6.36 Å². The first kappa shape index (κ1) is 28.4. The van der Waals surface area contributed by atoms with Gasteiger partial charge < -0.3 is 25.4 Å². The molecule has 0 saturated heterocycles. The highest BCUT2D eigenvalue weighted by atomic mass is 19.4. The lowest BCUT2D eigenvalue weighted by molar-refractivity contribution is -0.274. The Morgan fingerprint density at radius 3 is 2.60 bits per heavy atom. The predicted molar refractivity (Wildman–Crippen MR) is 144 cm³/mol. The van der Waals surface area contributed by atoms with E-state index >= 15 is 0 Å². The Labute approximate surface area is 233 Å². The largest absolute Gasteiger partial charge is 0.573 e. The summed E-state index contributed by atoms with van der Waals surface area (Å²) in [6.07, 6.45) is 4.54. The van der Waals surface area contributed by atoms with Crippen LogP contribution in [-0.4, -0.2) is 59.1 Å². The van der Waals surface area contributed by atoms with Crippen LogP contribution in [0.5, 0.6) is 5.75 Å². The molecule has 6 rings (SSSR count). The van der Waals surface area contributed by atoms with E-state index in [9.17, 15) is 18.4 Å². The van der Waals surface area contributed by atoms with Crippen molar-refractivity contribution in [2.24, 2.45) is 23.2 Å². The minimum Gasteiger partial charge on any atom is -0.405 e. The molecule has 2 aromatic rings. The van der Waals surface area contributed by atoms with Crippen LogP contribution >= 0.6 is 0 Å². The Morgan fingerprint density at radius 1 is 1.15 bits per heavy atom. The third-order valence-electron chi connectivity index (χ3n) is 8.95. The number of nitrogens with zero attached hydrogens (tertiary/aromatic N) is 4. The molecule has 4 aliphatic carbocycles. The number of hydrogen-bond acceptors (Lipinski definition) is 8. The molecule has 11 heteroatoms. The van der Waals surface area contributed by atoms with Crippen LogP contribution in [0.4, 0.5) is 24.9 Å². The van der Waals surface area contributed by atoms with Crippen molar-refractivity contribution >= 4 is 11.8 Å². The number of alkyl halides is 3. The molecule has 216 valence electrons. The zero-order valence-electron chi connectivity index (χ0n) is 22.8. The highest BCUT2D eigenvalue weighted by molar-refractivity contribution is 5.53. The second kappa shape index (κ2) is 11.8. The molecule has 0 amide bonds. The minimum absolute atomic E-state index is 0.0276. The average Bonchev–Trinajstić information content (AvgIpc) is 2.90. The number of aliphatic hydroxyl groups excluding tert-OH is 1. The first-order chi connectivity index (χ1) is 19.2. The summed E-state index contributed by atoms with van der Waals surface area (Å²) >= 11 is 0. The van der Waals surface area contributed by atoms with E-state index < -0.39 is 6.36 Å². The van der Waals surface area contributed by atoms with E-state index in [1.807, 2.05) is 0 Å². The molecule has 0 spiro atoms. The Balaban J connectivity index is 1.24. The highest BCUT2D eigenvalue weighted by Crippen LogP contribution is 2.61. The van der Waals surface area contributed by atoms with Crippen LogP contribution in [0.15, 0.2) is 30.5 Å². The second-order valence-corrected chi connectivity index (χ2v) is 11.8. The Morgan fingerprint density at radius 2 is 1.90 bits per heavy atom. The lowest BCUT2D eigenvalue weighted by atomic mass is 9.47. The van der Waals surface area contributed by atoms with Crippen LogP contribution in [0, 0.1) is 34.5 Å². The standard InChI is InChI=1S/C29H37F3N6O2/c1-38(8-4-5-9-39)25-21-10-19-11-22(25)14-28(12-19,13-21)18-36-26-23(15-33)17-35-27(37-26)34-16-20-6-2-3-7-24(20)40-29(30,31)32/h2-3,6-7,17,19,21-22,25,39H,4-5,8-14,16,18H2,1H3,(H2,34,35,36,37)/t19?,21-,22+,25-,28+. The Bertz CT molecular complexity index is 1200. The summed E-state index contributed by atoms with van der Waals surface area (Å²) in [6, 6.07) is 8.67. The van der Waals surface area contributed by atoms with E-state index in [4.69, 9.17) is 5.11 Å². The van der Waals surface area contributed by atoms with Crippen LogP contribution in [0.3, 0.4) is 0 Å². The summed E-state index contributed by atoms with van der Waals surface area (Å²) in [7, 11) is 2.23. The Kier molecular flexibility index (Phi) is 8.38. The molecule has 1 aromatic heterocycles. The lowest BCUT2D eigenvalue weighted by Gasteiger charge is -2.62. The molecule has 1 unspecified atom stereocenters. The van der Waals surface area contributed by atoms with Crippen LogP contribution in [-0.2, 0) is 6.54 Å². The van der Waals surface area contributed by atoms with Crippen molar-refractivity contribution in [2.75, 3.05) is 37.4 Å². The Hall–Kier alpha value is -3.10. The van der Waals surface area contributed by atoms with E-state index in [2.05, 4.69) is 43.4 Å². The number of rotatable bonds is 12. The molecular weight excluding hydrogens is 521 g/mol. The maximum atomic E-state index is 12.8. The van der Waals surface area contributed by atoms with Gasteiger partial charge in [-0.3, -0.25) is 0 Å². The van der Waals surface area contributed by atoms with Gasteiger partial charge in [-0.05, 0) is 87.8 Å². The molecule has 0 radical (unpaired) electrons. The number of halogens is 3. The summed E-state index contributed by atoms with van der Waals surface area (Å²) in [5, 5.41) is 25.3. The number of para-hydroxylation sites is 1. The van der Waals surface area contributed by atoms with Gasteiger partial charge in [0, 0.05) is 31.3 Å². The molecule has 5 atom stereocenters. The van der Waals surface area contributed by atoms with E-state index in [0.29, 0.717) is 34.8 Å². The van der Waals surface area contributed by atoms with Crippen molar-refractivity contribution < 1.29 is 23.0 Å². The van der Waals surface area contributed by atoms with Crippen molar-refractivity contribution in [1.29, 1.82) is 5.26 Å². The van der Waals surface area contributed by atoms with E-state index in [1.54, 1.807) is 12.1 Å². The minimum atomic E-state index is -4.79. The molecule has 1 aromatic carbocycles. The molecule has 8 nitrogen and oxygen atoms in total. The molecular formula is C29H37F3N6O2. The molecule has 0 aliphatic heterocycles.